The van der Waals surface area contributed by atoms with Crippen molar-refractivity contribution in [3.63, 3.8) is 0 Å². The molecule has 0 amide bonds. The molecular formula is C23H34IN5. The summed E-state index contributed by atoms with van der Waals surface area (Å²) in [6, 6.07) is 18.9. The van der Waals surface area contributed by atoms with Gasteiger partial charge in [0.25, 0.3) is 0 Å². The summed E-state index contributed by atoms with van der Waals surface area (Å²) < 4.78 is 0. The molecule has 0 spiro atoms. The maximum atomic E-state index is 5.98. The second-order valence-corrected chi connectivity index (χ2v) is 7.57. The zero-order valence-electron chi connectivity index (χ0n) is 17.4. The molecule has 1 fully saturated rings. The third kappa shape index (κ3) is 8.72. The van der Waals surface area contributed by atoms with E-state index in [2.05, 4.69) is 69.5 Å². The van der Waals surface area contributed by atoms with Crippen molar-refractivity contribution in [3.05, 3.63) is 65.7 Å². The molecule has 2 aromatic carbocycles. The third-order valence-corrected chi connectivity index (χ3v) is 5.17. The molecule has 0 radical (unpaired) electrons. The summed E-state index contributed by atoms with van der Waals surface area (Å²) in [6.45, 7) is 9.69. The van der Waals surface area contributed by atoms with Crippen LogP contribution in [0.1, 0.15) is 24.0 Å². The monoisotopic (exact) mass is 507 g/mol. The highest BCUT2D eigenvalue weighted by Gasteiger charge is 2.16. The molecule has 1 aliphatic rings. The molecule has 0 atom stereocenters. The fraction of sp³-hybridized carbons (Fsp3) is 0.435. The van der Waals surface area contributed by atoms with Gasteiger partial charge >= 0.3 is 0 Å². The van der Waals surface area contributed by atoms with Crippen LogP contribution in [0, 0.1) is 6.92 Å². The Morgan fingerprint density at radius 3 is 2.41 bits per heavy atom. The van der Waals surface area contributed by atoms with Crippen molar-refractivity contribution in [2.45, 2.75) is 26.3 Å². The molecule has 1 heterocycles. The Hall–Kier alpha value is -1.64. The second-order valence-electron chi connectivity index (χ2n) is 7.57. The summed E-state index contributed by atoms with van der Waals surface area (Å²) in [5.41, 5.74) is 9.60. The first-order valence-corrected chi connectivity index (χ1v) is 10.3. The Balaban J connectivity index is 0.00000300. The molecule has 0 aromatic heterocycles. The molecule has 29 heavy (non-hydrogen) atoms. The normalized spacial score (nSPS) is 15.7. The molecule has 0 unspecified atom stereocenters. The molecule has 0 saturated carbocycles. The van der Waals surface area contributed by atoms with Gasteiger partial charge in [-0.05, 0) is 49.6 Å². The topological polar surface area (TPSA) is 56.9 Å². The molecule has 0 bridgehead atoms. The first-order chi connectivity index (χ1) is 13.7. The summed E-state index contributed by atoms with van der Waals surface area (Å²) in [7, 11) is 0. The predicted octanol–water partition coefficient (Wildman–Crippen LogP) is 3.94. The Morgan fingerprint density at radius 1 is 0.966 bits per heavy atom. The van der Waals surface area contributed by atoms with Crippen molar-refractivity contribution in [3.8, 4) is 0 Å². The number of aryl methyl sites for hydroxylation is 1. The van der Waals surface area contributed by atoms with E-state index in [9.17, 15) is 0 Å². The maximum absolute atomic E-state index is 5.98. The van der Waals surface area contributed by atoms with Crippen LogP contribution < -0.4 is 11.1 Å². The number of anilines is 1. The van der Waals surface area contributed by atoms with Crippen LogP contribution in [0.5, 0.6) is 0 Å². The smallest absolute Gasteiger partial charge is 0.193 e. The van der Waals surface area contributed by atoms with Gasteiger partial charge in [-0.3, -0.25) is 9.89 Å². The van der Waals surface area contributed by atoms with Gasteiger partial charge in [-0.2, -0.15) is 0 Å². The van der Waals surface area contributed by atoms with Gasteiger partial charge in [0.05, 0.1) is 0 Å². The highest BCUT2D eigenvalue weighted by atomic mass is 127. The van der Waals surface area contributed by atoms with Gasteiger partial charge < -0.3 is 16.0 Å². The lowest BCUT2D eigenvalue weighted by Crippen LogP contribution is -2.46. The van der Waals surface area contributed by atoms with E-state index < -0.39 is 0 Å². The van der Waals surface area contributed by atoms with Crippen molar-refractivity contribution >= 4 is 35.6 Å². The summed E-state index contributed by atoms with van der Waals surface area (Å²) in [5.74, 6) is 0.500. The molecule has 3 N–H and O–H groups in total. The molecule has 0 aliphatic carbocycles. The standard InChI is InChI=1S/C23H33N5.HI/c1-20-8-7-11-22(18-20)26-23(24)25-12-5-6-13-27-14-16-28(17-15-27)19-21-9-3-2-4-10-21;/h2-4,7-11,18H,5-6,12-17,19H2,1H3,(H3,24,25,26);1H. The van der Waals surface area contributed by atoms with Crippen molar-refractivity contribution in [2.24, 2.45) is 10.7 Å². The van der Waals surface area contributed by atoms with E-state index >= 15 is 0 Å². The van der Waals surface area contributed by atoms with Crippen molar-refractivity contribution in [2.75, 3.05) is 44.6 Å². The number of piperazine rings is 1. The fourth-order valence-electron chi connectivity index (χ4n) is 3.57. The van der Waals surface area contributed by atoms with Crippen LogP contribution >= 0.6 is 24.0 Å². The first-order valence-electron chi connectivity index (χ1n) is 10.3. The van der Waals surface area contributed by atoms with Crippen LogP contribution in [0.25, 0.3) is 0 Å². The van der Waals surface area contributed by atoms with Gasteiger partial charge in [0.2, 0.25) is 0 Å². The number of halogens is 1. The summed E-state index contributed by atoms with van der Waals surface area (Å²) >= 11 is 0. The van der Waals surface area contributed by atoms with Crippen LogP contribution in [0.15, 0.2) is 59.6 Å². The van der Waals surface area contributed by atoms with Gasteiger partial charge in [-0.1, -0.05) is 42.5 Å². The van der Waals surface area contributed by atoms with E-state index in [4.69, 9.17) is 5.73 Å². The summed E-state index contributed by atoms with van der Waals surface area (Å²) in [6.07, 6.45) is 2.24. The molecule has 6 heteroatoms. The maximum Gasteiger partial charge on any atom is 0.193 e. The number of aliphatic imine (C=N–C) groups is 1. The highest BCUT2D eigenvalue weighted by Crippen LogP contribution is 2.10. The summed E-state index contributed by atoms with van der Waals surface area (Å²) in [5, 5.41) is 3.16. The predicted molar refractivity (Wildman–Crippen MR) is 134 cm³/mol. The van der Waals surface area contributed by atoms with Gasteiger partial charge in [0.1, 0.15) is 0 Å². The van der Waals surface area contributed by atoms with Crippen molar-refractivity contribution < 1.29 is 0 Å². The molecular weight excluding hydrogens is 473 g/mol. The Kier molecular flexibility index (Phi) is 10.5. The number of nitrogens with one attached hydrogen (secondary N) is 1. The van der Waals surface area contributed by atoms with Crippen LogP contribution in [0.2, 0.25) is 0 Å². The lowest BCUT2D eigenvalue weighted by Gasteiger charge is -2.34. The van der Waals surface area contributed by atoms with E-state index in [0.29, 0.717) is 5.96 Å². The Labute approximate surface area is 192 Å². The number of hydrogen-bond donors (Lipinski definition) is 2. The number of guanidine groups is 1. The van der Waals surface area contributed by atoms with Crippen LogP contribution in [-0.2, 0) is 6.54 Å². The molecule has 3 rings (SSSR count). The van der Waals surface area contributed by atoms with Gasteiger partial charge in [-0.25, -0.2) is 0 Å². The number of benzene rings is 2. The van der Waals surface area contributed by atoms with Crippen molar-refractivity contribution in [1.82, 2.24) is 9.80 Å². The lowest BCUT2D eigenvalue weighted by atomic mass is 10.2. The largest absolute Gasteiger partial charge is 0.370 e. The number of nitrogens with two attached hydrogens (primary N) is 1. The van der Waals surface area contributed by atoms with Gasteiger partial charge in [0.15, 0.2) is 5.96 Å². The van der Waals surface area contributed by atoms with E-state index in [-0.39, 0.29) is 24.0 Å². The Bertz CT molecular complexity index is 742. The van der Waals surface area contributed by atoms with E-state index in [1.54, 1.807) is 0 Å². The van der Waals surface area contributed by atoms with Crippen molar-refractivity contribution in [1.29, 1.82) is 0 Å². The minimum Gasteiger partial charge on any atom is -0.370 e. The average molecular weight is 507 g/mol. The zero-order chi connectivity index (χ0) is 19.6. The molecule has 158 valence electrons. The molecule has 2 aromatic rings. The quantitative estimate of drug-likeness (QED) is 0.246. The Morgan fingerprint density at radius 2 is 1.69 bits per heavy atom. The van der Waals surface area contributed by atoms with Crippen LogP contribution in [-0.4, -0.2) is 55.0 Å². The minimum absolute atomic E-state index is 0. The molecule has 5 nitrogen and oxygen atoms in total. The SMILES string of the molecule is Cc1cccc(NC(N)=NCCCCN2CCN(Cc3ccccc3)CC2)c1.I. The number of nitrogens with zero attached hydrogens (tertiary/aromatic N) is 3. The highest BCUT2D eigenvalue weighted by molar-refractivity contribution is 14.0. The first kappa shape index (κ1) is 23.6. The lowest BCUT2D eigenvalue weighted by molar-refractivity contribution is 0.126. The van der Waals surface area contributed by atoms with Crippen LogP contribution in [0.3, 0.4) is 0 Å². The van der Waals surface area contributed by atoms with E-state index in [1.165, 1.54) is 17.5 Å². The average Bonchev–Trinajstić information content (AvgIpc) is 2.70. The van der Waals surface area contributed by atoms with Gasteiger partial charge in [0, 0.05) is 45.0 Å². The van der Waals surface area contributed by atoms with E-state index in [0.717, 1.165) is 57.9 Å². The molecule has 1 aliphatic heterocycles. The fourth-order valence-corrected chi connectivity index (χ4v) is 3.57. The zero-order valence-corrected chi connectivity index (χ0v) is 19.7. The number of hydrogen-bond acceptors (Lipinski definition) is 3. The van der Waals surface area contributed by atoms with Crippen LogP contribution in [0.4, 0.5) is 5.69 Å². The summed E-state index contributed by atoms with van der Waals surface area (Å²) in [4.78, 5) is 9.57. The van der Waals surface area contributed by atoms with E-state index in [1.807, 2.05) is 12.1 Å². The number of rotatable bonds is 8. The van der Waals surface area contributed by atoms with Gasteiger partial charge in [-0.15, -0.1) is 24.0 Å². The number of unbranched alkanes of at least 4 members (excludes halogenated alkanes) is 1. The molecule has 1 saturated heterocycles. The second kappa shape index (κ2) is 12.8. The third-order valence-electron chi connectivity index (χ3n) is 5.17. The minimum atomic E-state index is 0.